The van der Waals surface area contributed by atoms with E-state index in [-0.39, 0.29) is 12.5 Å². The number of carbonyl (C=O) groups excluding carboxylic acids is 2. The first-order valence-corrected chi connectivity index (χ1v) is 7.12. The molecule has 0 heterocycles. The zero-order valence-electron chi connectivity index (χ0n) is 11.4. The van der Waals surface area contributed by atoms with Crippen molar-refractivity contribution < 1.29 is 14.3 Å². The highest BCUT2D eigenvalue weighted by Gasteiger charge is 2.07. The first-order chi connectivity index (χ1) is 10.1. The molecule has 2 aromatic rings. The third-order valence-electron chi connectivity index (χ3n) is 2.86. The van der Waals surface area contributed by atoms with E-state index in [9.17, 15) is 9.59 Å². The Morgan fingerprint density at radius 3 is 2.76 bits per heavy atom. The van der Waals surface area contributed by atoms with Crippen LogP contribution in [0.4, 0.5) is 5.69 Å². The zero-order chi connectivity index (χ0) is 15.2. The molecule has 0 radical (unpaired) electrons. The van der Waals surface area contributed by atoms with Crippen LogP contribution < -0.4 is 10.1 Å². The van der Waals surface area contributed by atoms with Crippen molar-refractivity contribution >= 4 is 33.8 Å². The van der Waals surface area contributed by atoms with Crippen LogP contribution in [-0.2, 0) is 4.79 Å². The fourth-order valence-corrected chi connectivity index (χ4v) is 2.10. The van der Waals surface area contributed by atoms with Gasteiger partial charge in [-0.15, -0.1) is 0 Å². The monoisotopic (exact) mass is 347 g/mol. The maximum atomic E-state index is 11.8. The number of hydrogen-bond acceptors (Lipinski definition) is 3. The van der Waals surface area contributed by atoms with Gasteiger partial charge in [0.1, 0.15) is 5.75 Å². The summed E-state index contributed by atoms with van der Waals surface area (Å²) in [6.45, 7) is 1.81. The molecule has 5 heteroatoms. The number of aryl methyl sites for hydroxylation is 1. The minimum absolute atomic E-state index is 0.156. The predicted molar refractivity (Wildman–Crippen MR) is 84.8 cm³/mol. The molecule has 2 aromatic carbocycles. The van der Waals surface area contributed by atoms with Crippen LogP contribution in [0.1, 0.15) is 15.9 Å². The number of rotatable bonds is 5. The molecule has 0 aliphatic heterocycles. The number of nitrogens with one attached hydrogen (secondary N) is 1. The van der Waals surface area contributed by atoms with E-state index >= 15 is 0 Å². The van der Waals surface area contributed by atoms with E-state index in [2.05, 4.69) is 21.2 Å². The Kier molecular flexibility index (Phi) is 5.11. The van der Waals surface area contributed by atoms with Gasteiger partial charge in [0, 0.05) is 10.2 Å². The van der Waals surface area contributed by atoms with Crippen molar-refractivity contribution in [1.29, 1.82) is 0 Å². The molecule has 4 nitrogen and oxygen atoms in total. The molecule has 2 rings (SSSR count). The number of para-hydroxylation sites is 1. The first kappa shape index (κ1) is 15.3. The maximum Gasteiger partial charge on any atom is 0.262 e. The lowest BCUT2D eigenvalue weighted by atomic mass is 10.2. The van der Waals surface area contributed by atoms with Gasteiger partial charge in [0.2, 0.25) is 0 Å². The van der Waals surface area contributed by atoms with Crippen LogP contribution >= 0.6 is 15.9 Å². The lowest BCUT2D eigenvalue weighted by molar-refractivity contribution is -0.118. The van der Waals surface area contributed by atoms with E-state index in [1.54, 1.807) is 24.3 Å². The quantitative estimate of drug-likeness (QED) is 0.841. The molecule has 0 spiro atoms. The molecule has 1 N–H and O–H groups in total. The molecule has 1 amide bonds. The fraction of sp³-hybridized carbons (Fsp3) is 0.125. The molecule has 0 aromatic heterocycles. The van der Waals surface area contributed by atoms with Gasteiger partial charge in [-0.3, -0.25) is 9.59 Å². The standard InChI is InChI=1S/C16H14BrNO3/c1-11-6-7-13(8-14(11)17)18-16(20)10-21-15-5-3-2-4-12(15)9-19/h2-9H,10H2,1H3,(H,18,20). The van der Waals surface area contributed by atoms with Crippen molar-refractivity contribution in [3.8, 4) is 5.75 Å². The third kappa shape index (κ3) is 4.16. The Labute approximate surface area is 131 Å². The summed E-state index contributed by atoms with van der Waals surface area (Å²) >= 11 is 3.41. The topological polar surface area (TPSA) is 55.4 Å². The molecular formula is C16H14BrNO3. The summed E-state index contributed by atoms with van der Waals surface area (Å²) in [7, 11) is 0. The predicted octanol–water partition coefficient (Wildman–Crippen LogP) is 3.59. The van der Waals surface area contributed by atoms with Gasteiger partial charge >= 0.3 is 0 Å². The zero-order valence-corrected chi connectivity index (χ0v) is 13.0. The molecule has 0 atom stereocenters. The van der Waals surface area contributed by atoms with Crippen molar-refractivity contribution in [3.63, 3.8) is 0 Å². The Bertz CT molecular complexity index is 670. The highest BCUT2D eigenvalue weighted by molar-refractivity contribution is 9.10. The summed E-state index contributed by atoms with van der Waals surface area (Å²) in [6, 6.07) is 12.3. The maximum absolute atomic E-state index is 11.8. The number of carbonyl (C=O) groups is 2. The van der Waals surface area contributed by atoms with Gasteiger partial charge in [-0.2, -0.15) is 0 Å². The summed E-state index contributed by atoms with van der Waals surface area (Å²) in [5, 5.41) is 2.74. The van der Waals surface area contributed by atoms with E-state index in [0.29, 0.717) is 23.3 Å². The van der Waals surface area contributed by atoms with Gasteiger partial charge in [-0.05, 0) is 36.8 Å². The van der Waals surface area contributed by atoms with Gasteiger partial charge in [0.25, 0.3) is 5.91 Å². The number of amides is 1. The average Bonchev–Trinajstić information content (AvgIpc) is 2.49. The lowest BCUT2D eigenvalue weighted by Crippen LogP contribution is -2.20. The number of halogens is 1. The molecule has 0 aliphatic carbocycles. The highest BCUT2D eigenvalue weighted by Crippen LogP contribution is 2.20. The minimum atomic E-state index is -0.286. The van der Waals surface area contributed by atoms with Gasteiger partial charge in [0.15, 0.2) is 12.9 Å². The Morgan fingerprint density at radius 2 is 2.05 bits per heavy atom. The summed E-state index contributed by atoms with van der Waals surface area (Å²) in [4.78, 5) is 22.7. The van der Waals surface area contributed by atoms with Crippen LogP contribution in [0.25, 0.3) is 0 Å². The molecule has 0 bridgehead atoms. The molecule has 0 fully saturated rings. The van der Waals surface area contributed by atoms with Crippen molar-refractivity contribution in [2.45, 2.75) is 6.92 Å². The van der Waals surface area contributed by atoms with Crippen molar-refractivity contribution in [2.24, 2.45) is 0 Å². The largest absolute Gasteiger partial charge is 0.483 e. The first-order valence-electron chi connectivity index (χ1n) is 6.33. The van der Waals surface area contributed by atoms with Crippen LogP contribution in [0.2, 0.25) is 0 Å². The van der Waals surface area contributed by atoms with Crippen molar-refractivity contribution in [1.82, 2.24) is 0 Å². The summed E-state index contributed by atoms with van der Waals surface area (Å²) in [6.07, 6.45) is 0.699. The van der Waals surface area contributed by atoms with Crippen molar-refractivity contribution in [2.75, 3.05) is 11.9 Å². The van der Waals surface area contributed by atoms with E-state index in [0.717, 1.165) is 10.0 Å². The van der Waals surface area contributed by atoms with Gasteiger partial charge in [-0.1, -0.05) is 34.1 Å². The van der Waals surface area contributed by atoms with Crippen LogP contribution in [0.15, 0.2) is 46.9 Å². The number of anilines is 1. The number of ether oxygens (including phenoxy) is 1. The van der Waals surface area contributed by atoms with E-state index in [1.807, 2.05) is 25.1 Å². The fourth-order valence-electron chi connectivity index (χ4n) is 1.72. The second-order valence-electron chi connectivity index (χ2n) is 4.46. The van der Waals surface area contributed by atoms with Crippen molar-refractivity contribution in [3.05, 3.63) is 58.1 Å². The van der Waals surface area contributed by atoms with Gasteiger partial charge in [-0.25, -0.2) is 0 Å². The molecule has 0 saturated heterocycles. The second-order valence-corrected chi connectivity index (χ2v) is 5.31. The van der Waals surface area contributed by atoms with Crippen LogP contribution in [0.3, 0.4) is 0 Å². The Hall–Kier alpha value is -2.14. The molecule has 21 heavy (non-hydrogen) atoms. The SMILES string of the molecule is Cc1ccc(NC(=O)COc2ccccc2C=O)cc1Br. The van der Waals surface area contributed by atoms with E-state index in [4.69, 9.17) is 4.74 Å². The second kappa shape index (κ2) is 7.04. The molecule has 0 saturated carbocycles. The Balaban J connectivity index is 1.96. The molecular weight excluding hydrogens is 334 g/mol. The van der Waals surface area contributed by atoms with E-state index < -0.39 is 0 Å². The summed E-state index contributed by atoms with van der Waals surface area (Å²) < 4.78 is 6.28. The number of benzene rings is 2. The lowest BCUT2D eigenvalue weighted by Gasteiger charge is -2.09. The molecule has 108 valence electrons. The summed E-state index contributed by atoms with van der Waals surface area (Å²) in [5.41, 5.74) is 2.19. The van der Waals surface area contributed by atoms with Crippen LogP contribution in [0.5, 0.6) is 5.75 Å². The average molecular weight is 348 g/mol. The minimum Gasteiger partial charge on any atom is -0.483 e. The molecule has 0 unspecified atom stereocenters. The van der Waals surface area contributed by atoms with Gasteiger partial charge < -0.3 is 10.1 Å². The number of aldehydes is 1. The third-order valence-corrected chi connectivity index (χ3v) is 3.71. The van der Waals surface area contributed by atoms with Crippen LogP contribution in [-0.4, -0.2) is 18.8 Å². The smallest absolute Gasteiger partial charge is 0.262 e. The highest BCUT2D eigenvalue weighted by atomic mass is 79.9. The van der Waals surface area contributed by atoms with E-state index in [1.165, 1.54) is 0 Å². The normalized spacial score (nSPS) is 10.0. The summed E-state index contributed by atoms with van der Waals surface area (Å²) in [5.74, 6) is 0.110. The van der Waals surface area contributed by atoms with Gasteiger partial charge in [0.05, 0.1) is 5.56 Å². The van der Waals surface area contributed by atoms with Crippen LogP contribution in [0, 0.1) is 6.92 Å². The number of hydrogen-bond donors (Lipinski definition) is 1. The molecule has 0 aliphatic rings. The Morgan fingerprint density at radius 1 is 1.29 bits per heavy atom.